The number of hydrogen-bond donors (Lipinski definition) is 1. The zero-order chi connectivity index (χ0) is 15.5. The zero-order valence-corrected chi connectivity index (χ0v) is 12.9. The molecular formula is C14H14N6OS. The maximum atomic E-state index is 12.0. The molecule has 1 N–H and O–H groups in total. The molecule has 0 spiro atoms. The van der Waals surface area contributed by atoms with Crippen LogP contribution in [0.3, 0.4) is 0 Å². The average molecular weight is 314 g/mol. The predicted octanol–water partition coefficient (Wildman–Crippen LogP) is 1.92. The van der Waals surface area contributed by atoms with Crippen LogP contribution in [0.5, 0.6) is 0 Å². The van der Waals surface area contributed by atoms with Gasteiger partial charge >= 0.3 is 0 Å². The molecule has 3 aromatic rings. The lowest BCUT2D eigenvalue weighted by Crippen LogP contribution is -2.27. The second kappa shape index (κ2) is 6.02. The number of nitrogens with zero attached hydrogens (tertiary/aromatic N) is 5. The molecule has 0 radical (unpaired) electrons. The van der Waals surface area contributed by atoms with E-state index in [2.05, 4.69) is 25.0 Å². The molecule has 0 aliphatic carbocycles. The molecule has 0 fully saturated rings. The van der Waals surface area contributed by atoms with E-state index in [1.165, 1.54) is 0 Å². The van der Waals surface area contributed by atoms with Crippen molar-refractivity contribution in [2.24, 2.45) is 0 Å². The SMILES string of the molecule is Cc1c([C@H](C)NC(=O)c2csnn2)cnn1-c1ccccn1. The first-order valence-electron chi connectivity index (χ1n) is 6.70. The van der Waals surface area contributed by atoms with Crippen LogP contribution < -0.4 is 5.32 Å². The normalized spacial score (nSPS) is 12.1. The first-order valence-corrected chi connectivity index (χ1v) is 7.54. The fourth-order valence-electron chi connectivity index (χ4n) is 2.17. The van der Waals surface area contributed by atoms with E-state index in [1.54, 1.807) is 22.5 Å². The second-order valence-corrected chi connectivity index (χ2v) is 5.38. The number of carbonyl (C=O) groups is 1. The monoisotopic (exact) mass is 314 g/mol. The van der Waals surface area contributed by atoms with Crippen molar-refractivity contribution in [1.29, 1.82) is 0 Å². The van der Waals surface area contributed by atoms with Crippen LogP contribution in [0.25, 0.3) is 5.82 Å². The predicted molar refractivity (Wildman–Crippen MR) is 81.9 cm³/mol. The molecule has 3 heterocycles. The summed E-state index contributed by atoms with van der Waals surface area (Å²) >= 11 is 1.15. The van der Waals surface area contributed by atoms with Gasteiger partial charge in [-0.1, -0.05) is 10.6 Å². The van der Waals surface area contributed by atoms with Gasteiger partial charge in [-0.3, -0.25) is 4.79 Å². The molecule has 0 bridgehead atoms. The van der Waals surface area contributed by atoms with Crippen LogP contribution in [-0.4, -0.2) is 30.3 Å². The van der Waals surface area contributed by atoms with Crippen molar-refractivity contribution in [2.75, 3.05) is 0 Å². The highest BCUT2D eigenvalue weighted by atomic mass is 32.1. The Morgan fingerprint density at radius 2 is 2.27 bits per heavy atom. The third kappa shape index (κ3) is 2.73. The Hall–Kier alpha value is -2.61. The number of nitrogens with one attached hydrogen (secondary N) is 1. The van der Waals surface area contributed by atoms with E-state index in [1.807, 2.05) is 32.0 Å². The van der Waals surface area contributed by atoms with Crippen LogP contribution in [-0.2, 0) is 0 Å². The van der Waals surface area contributed by atoms with Gasteiger partial charge in [0.2, 0.25) is 0 Å². The molecule has 3 rings (SSSR count). The number of amides is 1. The Morgan fingerprint density at radius 3 is 2.95 bits per heavy atom. The molecular weight excluding hydrogens is 300 g/mol. The summed E-state index contributed by atoms with van der Waals surface area (Å²) < 4.78 is 5.44. The summed E-state index contributed by atoms with van der Waals surface area (Å²) in [6.45, 7) is 3.86. The molecule has 8 heteroatoms. The van der Waals surface area contributed by atoms with E-state index in [-0.39, 0.29) is 11.9 Å². The molecule has 0 saturated heterocycles. The van der Waals surface area contributed by atoms with E-state index >= 15 is 0 Å². The van der Waals surface area contributed by atoms with Gasteiger partial charge < -0.3 is 5.32 Å². The summed E-state index contributed by atoms with van der Waals surface area (Å²) in [6, 6.07) is 5.46. The Labute approximate surface area is 131 Å². The third-order valence-corrected chi connectivity index (χ3v) is 3.83. The minimum atomic E-state index is -0.244. The van der Waals surface area contributed by atoms with E-state index in [4.69, 9.17) is 0 Å². The van der Waals surface area contributed by atoms with Crippen molar-refractivity contribution < 1.29 is 4.79 Å². The maximum absolute atomic E-state index is 12.0. The van der Waals surface area contributed by atoms with E-state index in [0.717, 1.165) is 28.6 Å². The summed E-state index contributed by atoms with van der Waals surface area (Å²) in [5.41, 5.74) is 2.19. The maximum Gasteiger partial charge on any atom is 0.273 e. The summed E-state index contributed by atoms with van der Waals surface area (Å²) in [7, 11) is 0. The Bertz CT molecular complexity index is 768. The molecule has 1 atom stereocenters. The zero-order valence-electron chi connectivity index (χ0n) is 12.1. The van der Waals surface area contributed by atoms with Gasteiger partial charge in [-0.05, 0) is 37.5 Å². The summed E-state index contributed by atoms with van der Waals surface area (Å²) in [5.74, 6) is 0.500. The largest absolute Gasteiger partial charge is 0.344 e. The van der Waals surface area contributed by atoms with Gasteiger partial charge in [0.25, 0.3) is 5.91 Å². The summed E-state index contributed by atoms with van der Waals surface area (Å²) in [5, 5.41) is 12.6. The highest BCUT2D eigenvalue weighted by molar-refractivity contribution is 7.03. The number of carbonyl (C=O) groups excluding carboxylic acids is 1. The lowest BCUT2D eigenvalue weighted by molar-refractivity contribution is 0.0935. The molecule has 0 aliphatic heterocycles. The van der Waals surface area contributed by atoms with Crippen molar-refractivity contribution in [3.8, 4) is 5.82 Å². The Morgan fingerprint density at radius 1 is 1.41 bits per heavy atom. The Balaban J connectivity index is 1.81. The molecule has 7 nitrogen and oxygen atoms in total. The lowest BCUT2D eigenvalue weighted by Gasteiger charge is -2.13. The van der Waals surface area contributed by atoms with Crippen LogP contribution in [0.2, 0.25) is 0 Å². The fraction of sp³-hybridized carbons (Fsp3) is 0.214. The van der Waals surface area contributed by atoms with Crippen molar-refractivity contribution >= 4 is 17.4 Å². The molecule has 0 aromatic carbocycles. The molecule has 0 aliphatic rings. The third-order valence-electron chi connectivity index (χ3n) is 3.32. The minimum absolute atomic E-state index is 0.188. The minimum Gasteiger partial charge on any atom is -0.344 e. The molecule has 0 saturated carbocycles. The fourth-order valence-corrected chi connectivity index (χ4v) is 2.61. The van der Waals surface area contributed by atoms with Gasteiger partial charge in [-0.15, -0.1) is 5.10 Å². The van der Waals surface area contributed by atoms with Crippen molar-refractivity contribution in [1.82, 2.24) is 29.7 Å². The van der Waals surface area contributed by atoms with Gasteiger partial charge in [0.15, 0.2) is 11.5 Å². The van der Waals surface area contributed by atoms with Crippen LogP contribution >= 0.6 is 11.5 Å². The number of hydrogen-bond acceptors (Lipinski definition) is 6. The number of rotatable bonds is 4. The average Bonchev–Trinajstić information content (AvgIpc) is 3.17. The van der Waals surface area contributed by atoms with Crippen LogP contribution in [0.1, 0.15) is 34.7 Å². The van der Waals surface area contributed by atoms with Crippen molar-refractivity contribution in [3.05, 3.63) is 52.9 Å². The molecule has 0 unspecified atom stereocenters. The first-order chi connectivity index (χ1) is 10.7. The van der Waals surface area contributed by atoms with E-state index < -0.39 is 0 Å². The van der Waals surface area contributed by atoms with Gasteiger partial charge in [0.05, 0.1) is 12.2 Å². The molecule has 112 valence electrons. The molecule has 3 aromatic heterocycles. The van der Waals surface area contributed by atoms with Crippen molar-refractivity contribution in [2.45, 2.75) is 19.9 Å². The Kier molecular flexibility index (Phi) is 3.92. The van der Waals surface area contributed by atoms with Gasteiger partial charge in [0.1, 0.15) is 0 Å². The van der Waals surface area contributed by atoms with Crippen LogP contribution in [0.4, 0.5) is 0 Å². The van der Waals surface area contributed by atoms with Gasteiger partial charge in [-0.25, -0.2) is 9.67 Å². The van der Waals surface area contributed by atoms with E-state index in [9.17, 15) is 4.79 Å². The van der Waals surface area contributed by atoms with Crippen molar-refractivity contribution in [3.63, 3.8) is 0 Å². The summed E-state index contributed by atoms with van der Waals surface area (Å²) in [6.07, 6.45) is 3.46. The highest BCUT2D eigenvalue weighted by Crippen LogP contribution is 2.19. The number of aromatic nitrogens is 5. The molecule has 22 heavy (non-hydrogen) atoms. The first kappa shape index (κ1) is 14.3. The summed E-state index contributed by atoms with van der Waals surface area (Å²) in [4.78, 5) is 16.3. The lowest BCUT2D eigenvalue weighted by atomic mass is 10.1. The van der Waals surface area contributed by atoms with Gasteiger partial charge in [-0.2, -0.15) is 5.10 Å². The standard InChI is InChI=1S/C14H14N6OS/c1-9(17-14(21)12-8-22-19-18-12)11-7-16-20(10(11)2)13-5-3-4-6-15-13/h3-9H,1-2H3,(H,17,21)/t9-/m0/s1. The quantitative estimate of drug-likeness (QED) is 0.795. The van der Waals surface area contributed by atoms with Crippen LogP contribution in [0.15, 0.2) is 36.0 Å². The highest BCUT2D eigenvalue weighted by Gasteiger charge is 2.18. The molecule has 1 amide bonds. The van der Waals surface area contributed by atoms with Crippen LogP contribution in [0, 0.1) is 6.92 Å². The van der Waals surface area contributed by atoms with E-state index in [0.29, 0.717) is 5.69 Å². The topological polar surface area (TPSA) is 85.6 Å². The smallest absolute Gasteiger partial charge is 0.273 e. The second-order valence-electron chi connectivity index (χ2n) is 4.77. The van der Waals surface area contributed by atoms with Gasteiger partial charge in [0, 0.05) is 22.8 Å². The number of pyridine rings is 1.